The van der Waals surface area contributed by atoms with Crippen molar-refractivity contribution in [3.05, 3.63) is 77.9 Å². The number of esters is 1. The third kappa shape index (κ3) is 3.25. The number of carbonyl (C=O) groups excluding carboxylic acids is 1. The van der Waals surface area contributed by atoms with Crippen molar-refractivity contribution in [2.75, 3.05) is 7.11 Å². The zero-order valence-electron chi connectivity index (χ0n) is 13.1. The molecule has 0 saturated carbocycles. The van der Waals surface area contributed by atoms with Gasteiger partial charge in [0.25, 0.3) is 0 Å². The van der Waals surface area contributed by atoms with Crippen molar-refractivity contribution in [2.45, 2.75) is 6.42 Å². The van der Waals surface area contributed by atoms with Crippen molar-refractivity contribution in [1.29, 1.82) is 0 Å². The minimum absolute atomic E-state index is 0.100. The largest absolute Gasteiger partial charge is 0.505 e. The molecule has 1 N–H and O–H groups in total. The predicted octanol–water partition coefficient (Wildman–Crippen LogP) is 3.23. The van der Waals surface area contributed by atoms with Crippen molar-refractivity contribution < 1.29 is 14.6 Å². The second kappa shape index (κ2) is 6.91. The summed E-state index contributed by atoms with van der Waals surface area (Å²) in [5.74, 6) is -0.315. The molecule has 3 aromatic rings. The average molecular weight is 320 g/mol. The van der Waals surface area contributed by atoms with Crippen LogP contribution in [-0.4, -0.2) is 28.2 Å². The number of benzene rings is 1. The maximum atomic E-state index is 11.7. The highest BCUT2D eigenvalue weighted by Crippen LogP contribution is 2.32. The minimum Gasteiger partial charge on any atom is -0.505 e. The Balaban J connectivity index is 1.98. The summed E-state index contributed by atoms with van der Waals surface area (Å²) in [5, 5.41) is 10.6. The van der Waals surface area contributed by atoms with E-state index in [0.717, 1.165) is 11.1 Å². The number of aromatic nitrogens is 2. The molecule has 2 heterocycles. The Kier molecular flexibility index (Phi) is 4.52. The molecule has 0 aliphatic heterocycles. The molecular weight excluding hydrogens is 304 g/mol. The van der Waals surface area contributed by atoms with Crippen LogP contribution in [0.4, 0.5) is 0 Å². The first-order chi connectivity index (χ1) is 11.7. The van der Waals surface area contributed by atoms with Gasteiger partial charge >= 0.3 is 5.97 Å². The maximum Gasteiger partial charge on any atom is 0.337 e. The van der Waals surface area contributed by atoms with Gasteiger partial charge in [0.1, 0.15) is 5.75 Å². The molecule has 0 bridgehead atoms. The second-order valence-corrected chi connectivity index (χ2v) is 5.26. The fourth-order valence-electron chi connectivity index (χ4n) is 2.49. The van der Waals surface area contributed by atoms with Gasteiger partial charge in [0.05, 0.1) is 18.4 Å². The van der Waals surface area contributed by atoms with Crippen molar-refractivity contribution in [1.82, 2.24) is 9.97 Å². The van der Waals surface area contributed by atoms with Crippen molar-refractivity contribution in [3.63, 3.8) is 0 Å². The van der Waals surface area contributed by atoms with Crippen LogP contribution in [0.15, 0.2) is 61.1 Å². The van der Waals surface area contributed by atoms with Crippen molar-refractivity contribution >= 4 is 5.97 Å². The lowest BCUT2D eigenvalue weighted by molar-refractivity contribution is 0.0601. The molecule has 0 unspecified atom stereocenters. The van der Waals surface area contributed by atoms with E-state index in [9.17, 15) is 9.90 Å². The fourth-order valence-corrected chi connectivity index (χ4v) is 2.49. The smallest absolute Gasteiger partial charge is 0.337 e. The van der Waals surface area contributed by atoms with Gasteiger partial charge in [-0.05, 0) is 35.4 Å². The molecule has 0 atom stereocenters. The molecule has 0 aliphatic rings. The predicted molar refractivity (Wildman–Crippen MR) is 89.7 cm³/mol. The zero-order valence-corrected chi connectivity index (χ0v) is 13.1. The molecular formula is C19H16N2O3. The third-order valence-electron chi connectivity index (χ3n) is 3.69. The van der Waals surface area contributed by atoms with Gasteiger partial charge in [-0.15, -0.1) is 0 Å². The molecule has 5 nitrogen and oxygen atoms in total. The number of ether oxygens (including phenoxy) is 1. The van der Waals surface area contributed by atoms with Crippen molar-refractivity contribution in [2.24, 2.45) is 0 Å². The molecule has 0 fully saturated rings. The van der Waals surface area contributed by atoms with E-state index in [1.807, 2.05) is 18.2 Å². The first-order valence-corrected chi connectivity index (χ1v) is 7.43. The Labute approximate surface area is 139 Å². The van der Waals surface area contributed by atoms with Crippen LogP contribution >= 0.6 is 0 Å². The van der Waals surface area contributed by atoms with Crippen LogP contribution < -0.4 is 0 Å². The second-order valence-electron chi connectivity index (χ2n) is 5.26. The van der Waals surface area contributed by atoms with E-state index in [2.05, 4.69) is 9.97 Å². The van der Waals surface area contributed by atoms with E-state index >= 15 is 0 Å². The van der Waals surface area contributed by atoms with E-state index in [1.165, 1.54) is 7.11 Å². The standard InChI is InChI=1S/C19H16N2O3/c1-24-19(23)15-6-2-5-14(11-15)16-7-9-21-17(18(16)22)10-13-4-3-8-20-12-13/h2-9,11-12,22H,10H2,1H3. The molecule has 0 radical (unpaired) electrons. The molecule has 5 heteroatoms. The van der Waals surface area contributed by atoms with Crippen LogP contribution in [0.2, 0.25) is 0 Å². The zero-order chi connectivity index (χ0) is 16.9. The fraction of sp³-hybridized carbons (Fsp3) is 0.105. The Morgan fingerprint density at radius 2 is 2.04 bits per heavy atom. The van der Waals surface area contributed by atoms with Crippen LogP contribution in [0.25, 0.3) is 11.1 Å². The number of nitrogens with zero attached hydrogens (tertiary/aromatic N) is 2. The monoisotopic (exact) mass is 320 g/mol. The third-order valence-corrected chi connectivity index (χ3v) is 3.69. The number of methoxy groups -OCH3 is 1. The lowest BCUT2D eigenvalue weighted by Crippen LogP contribution is -2.01. The average Bonchev–Trinajstić information content (AvgIpc) is 2.64. The number of aromatic hydroxyl groups is 1. The summed E-state index contributed by atoms with van der Waals surface area (Å²) in [4.78, 5) is 20.0. The SMILES string of the molecule is COC(=O)c1cccc(-c2ccnc(Cc3cccnc3)c2O)c1. The Morgan fingerprint density at radius 1 is 1.17 bits per heavy atom. The van der Waals surface area contributed by atoms with E-state index in [4.69, 9.17) is 4.74 Å². The van der Waals surface area contributed by atoms with Gasteiger partial charge in [0.15, 0.2) is 0 Å². The van der Waals surface area contributed by atoms with Crippen LogP contribution in [0, 0.1) is 0 Å². The molecule has 24 heavy (non-hydrogen) atoms. The summed E-state index contributed by atoms with van der Waals surface area (Å²) >= 11 is 0. The first kappa shape index (κ1) is 15.7. The van der Waals surface area contributed by atoms with Gasteiger partial charge < -0.3 is 9.84 Å². The first-order valence-electron chi connectivity index (χ1n) is 7.43. The van der Waals surface area contributed by atoms with Crippen LogP contribution in [0.3, 0.4) is 0 Å². The molecule has 0 saturated heterocycles. The molecule has 2 aromatic heterocycles. The number of rotatable bonds is 4. The highest BCUT2D eigenvalue weighted by molar-refractivity contribution is 5.91. The highest BCUT2D eigenvalue weighted by atomic mass is 16.5. The van der Waals surface area contributed by atoms with E-state index < -0.39 is 5.97 Å². The Hall–Kier alpha value is -3.21. The maximum absolute atomic E-state index is 11.7. The van der Waals surface area contributed by atoms with Crippen molar-refractivity contribution in [3.8, 4) is 16.9 Å². The minimum atomic E-state index is -0.416. The summed E-state index contributed by atoms with van der Waals surface area (Å²) in [6, 6.07) is 12.4. The van der Waals surface area contributed by atoms with Gasteiger partial charge in [0.2, 0.25) is 0 Å². The Morgan fingerprint density at radius 3 is 2.79 bits per heavy atom. The van der Waals surface area contributed by atoms with E-state index in [0.29, 0.717) is 23.2 Å². The number of carbonyl (C=O) groups is 1. The quantitative estimate of drug-likeness (QED) is 0.747. The number of hydrogen-bond acceptors (Lipinski definition) is 5. The molecule has 0 spiro atoms. The van der Waals surface area contributed by atoms with E-state index in [-0.39, 0.29) is 5.75 Å². The van der Waals surface area contributed by atoms with E-state index in [1.54, 1.807) is 42.9 Å². The summed E-state index contributed by atoms with van der Waals surface area (Å²) < 4.78 is 4.74. The van der Waals surface area contributed by atoms with Crippen LogP contribution in [-0.2, 0) is 11.2 Å². The molecule has 0 amide bonds. The normalized spacial score (nSPS) is 10.4. The van der Waals surface area contributed by atoms with Gasteiger partial charge in [0, 0.05) is 30.6 Å². The lowest BCUT2D eigenvalue weighted by Gasteiger charge is -2.10. The van der Waals surface area contributed by atoms with Gasteiger partial charge in [-0.3, -0.25) is 9.97 Å². The molecule has 3 rings (SSSR count). The highest BCUT2D eigenvalue weighted by Gasteiger charge is 2.13. The summed E-state index contributed by atoms with van der Waals surface area (Å²) in [5.41, 5.74) is 3.30. The number of hydrogen-bond donors (Lipinski definition) is 1. The van der Waals surface area contributed by atoms with Crippen LogP contribution in [0.1, 0.15) is 21.6 Å². The van der Waals surface area contributed by atoms with Gasteiger partial charge in [-0.1, -0.05) is 18.2 Å². The molecule has 0 aliphatic carbocycles. The molecule has 1 aromatic carbocycles. The summed E-state index contributed by atoms with van der Waals surface area (Å²) in [6.07, 6.45) is 5.56. The lowest BCUT2D eigenvalue weighted by atomic mass is 10.0. The van der Waals surface area contributed by atoms with Crippen LogP contribution in [0.5, 0.6) is 5.75 Å². The molecule has 120 valence electrons. The number of pyridine rings is 2. The summed E-state index contributed by atoms with van der Waals surface area (Å²) in [7, 11) is 1.34. The van der Waals surface area contributed by atoms with Gasteiger partial charge in [-0.25, -0.2) is 4.79 Å². The summed E-state index contributed by atoms with van der Waals surface area (Å²) in [6.45, 7) is 0. The van der Waals surface area contributed by atoms with Gasteiger partial charge in [-0.2, -0.15) is 0 Å². The topological polar surface area (TPSA) is 72.3 Å². The Bertz CT molecular complexity index is 863.